The Kier molecular flexibility index (Phi) is 3.75. The maximum atomic E-state index is 13.2. The van der Waals surface area contributed by atoms with E-state index in [1.165, 1.54) is 11.8 Å². The van der Waals surface area contributed by atoms with Crippen LogP contribution in [-0.2, 0) is 10.2 Å². The average Bonchev–Trinajstić information content (AvgIpc) is 2.82. The Morgan fingerprint density at radius 1 is 1.32 bits per heavy atom. The minimum atomic E-state index is -0.499. The summed E-state index contributed by atoms with van der Waals surface area (Å²) >= 11 is 0. The first kappa shape index (κ1) is 15.1. The summed E-state index contributed by atoms with van der Waals surface area (Å²) in [6.07, 6.45) is 2.35. The van der Waals surface area contributed by atoms with E-state index in [0.717, 1.165) is 36.3 Å². The van der Waals surface area contributed by atoms with E-state index >= 15 is 0 Å². The molecule has 2 heterocycles. The highest BCUT2D eigenvalue weighted by molar-refractivity contribution is 5.95. The summed E-state index contributed by atoms with van der Waals surface area (Å²) in [7, 11) is 0. The molecule has 1 saturated heterocycles. The molecule has 22 heavy (non-hydrogen) atoms. The van der Waals surface area contributed by atoms with Crippen LogP contribution in [0.25, 0.3) is 10.9 Å². The van der Waals surface area contributed by atoms with Crippen molar-refractivity contribution in [2.75, 3.05) is 13.1 Å². The predicted molar refractivity (Wildman–Crippen MR) is 91.0 cm³/mol. The summed E-state index contributed by atoms with van der Waals surface area (Å²) < 4.78 is 0. The van der Waals surface area contributed by atoms with E-state index in [1.807, 2.05) is 12.1 Å². The first-order valence-corrected chi connectivity index (χ1v) is 8.28. The summed E-state index contributed by atoms with van der Waals surface area (Å²) in [6.45, 7) is 10.2. The SMILES string of the molecule is Cc1[nH]c2ccccc2c1C(C)(C)C(=O)N1CCCC(C)C1. The summed E-state index contributed by atoms with van der Waals surface area (Å²) in [4.78, 5) is 18.7. The molecule has 1 aromatic carbocycles. The number of para-hydroxylation sites is 1. The van der Waals surface area contributed by atoms with E-state index in [2.05, 4.69) is 49.7 Å². The third-order valence-electron chi connectivity index (χ3n) is 5.00. The van der Waals surface area contributed by atoms with Crippen LogP contribution >= 0.6 is 0 Å². The lowest BCUT2D eigenvalue weighted by atomic mass is 9.80. The molecule has 118 valence electrons. The molecule has 3 nitrogen and oxygen atoms in total. The number of likely N-dealkylation sites (tertiary alicyclic amines) is 1. The summed E-state index contributed by atoms with van der Waals surface area (Å²) in [5.41, 5.74) is 2.86. The van der Waals surface area contributed by atoms with Crippen LogP contribution in [0, 0.1) is 12.8 Å². The van der Waals surface area contributed by atoms with E-state index in [-0.39, 0.29) is 5.91 Å². The largest absolute Gasteiger partial charge is 0.358 e. The van der Waals surface area contributed by atoms with Crippen LogP contribution in [-0.4, -0.2) is 28.9 Å². The number of aromatic amines is 1. The fraction of sp³-hybridized carbons (Fsp3) is 0.526. The van der Waals surface area contributed by atoms with Gasteiger partial charge in [-0.25, -0.2) is 0 Å². The number of H-pyrrole nitrogens is 1. The van der Waals surface area contributed by atoms with Gasteiger partial charge in [-0.05, 0) is 51.2 Å². The van der Waals surface area contributed by atoms with Gasteiger partial charge >= 0.3 is 0 Å². The van der Waals surface area contributed by atoms with Crippen molar-refractivity contribution in [2.24, 2.45) is 5.92 Å². The lowest BCUT2D eigenvalue weighted by molar-refractivity contribution is -0.138. The molecule has 3 rings (SSSR count). The normalized spacial score (nSPS) is 19.6. The summed E-state index contributed by atoms with van der Waals surface area (Å²) in [6, 6.07) is 8.27. The van der Waals surface area contributed by atoms with E-state index in [0.29, 0.717) is 5.92 Å². The summed E-state index contributed by atoms with van der Waals surface area (Å²) in [5.74, 6) is 0.865. The number of hydrogen-bond acceptors (Lipinski definition) is 1. The van der Waals surface area contributed by atoms with Gasteiger partial charge in [0.15, 0.2) is 0 Å². The van der Waals surface area contributed by atoms with Gasteiger partial charge in [-0.3, -0.25) is 4.79 Å². The Morgan fingerprint density at radius 3 is 2.77 bits per heavy atom. The topological polar surface area (TPSA) is 36.1 Å². The van der Waals surface area contributed by atoms with Gasteiger partial charge in [0.2, 0.25) is 5.91 Å². The molecule has 1 atom stereocenters. The van der Waals surface area contributed by atoms with Crippen LogP contribution in [0.3, 0.4) is 0 Å². The number of rotatable bonds is 2. The maximum Gasteiger partial charge on any atom is 0.232 e. The smallest absolute Gasteiger partial charge is 0.232 e. The van der Waals surface area contributed by atoms with Gasteiger partial charge in [-0.15, -0.1) is 0 Å². The average molecular weight is 298 g/mol. The Balaban J connectivity index is 2.00. The van der Waals surface area contributed by atoms with E-state index in [9.17, 15) is 4.79 Å². The van der Waals surface area contributed by atoms with Gasteiger partial charge in [0.25, 0.3) is 0 Å². The molecule has 1 N–H and O–H groups in total. The molecule has 0 aliphatic carbocycles. The van der Waals surface area contributed by atoms with Crippen molar-refractivity contribution >= 4 is 16.8 Å². The van der Waals surface area contributed by atoms with Crippen LogP contribution in [0.5, 0.6) is 0 Å². The first-order chi connectivity index (χ1) is 10.4. The monoisotopic (exact) mass is 298 g/mol. The molecule has 2 aromatic rings. The van der Waals surface area contributed by atoms with Gasteiger partial charge in [-0.1, -0.05) is 25.1 Å². The van der Waals surface area contributed by atoms with Gasteiger partial charge in [0.1, 0.15) is 0 Å². The molecule has 1 aliphatic heterocycles. The van der Waals surface area contributed by atoms with Crippen LogP contribution in [0.15, 0.2) is 24.3 Å². The minimum Gasteiger partial charge on any atom is -0.358 e. The molecule has 3 heteroatoms. The predicted octanol–water partition coefficient (Wildman–Crippen LogP) is 4.01. The van der Waals surface area contributed by atoms with Crippen molar-refractivity contribution < 1.29 is 4.79 Å². The zero-order valence-corrected chi connectivity index (χ0v) is 14.1. The second kappa shape index (κ2) is 5.45. The number of piperidine rings is 1. The molecule has 0 radical (unpaired) electrons. The fourth-order valence-corrected chi connectivity index (χ4v) is 3.96. The standard InChI is InChI=1S/C19H26N2O/c1-13-8-7-11-21(12-13)18(22)19(3,4)17-14(2)20-16-10-6-5-9-15(16)17/h5-6,9-10,13,20H,7-8,11-12H2,1-4H3. The van der Waals surface area contributed by atoms with Crippen LogP contribution in [0.1, 0.15) is 44.9 Å². The number of aromatic nitrogens is 1. The van der Waals surface area contributed by atoms with Crippen LogP contribution < -0.4 is 0 Å². The number of hydrogen-bond donors (Lipinski definition) is 1. The molecule has 0 saturated carbocycles. The third kappa shape index (κ3) is 2.43. The molecular weight excluding hydrogens is 272 g/mol. The minimum absolute atomic E-state index is 0.256. The Labute approximate surface area is 132 Å². The van der Waals surface area contributed by atoms with E-state index in [4.69, 9.17) is 0 Å². The highest BCUT2D eigenvalue weighted by Crippen LogP contribution is 2.35. The molecule has 1 aromatic heterocycles. The van der Waals surface area contributed by atoms with Crippen molar-refractivity contribution in [3.63, 3.8) is 0 Å². The van der Waals surface area contributed by atoms with Crippen molar-refractivity contribution in [1.29, 1.82) is 0 Å². The lowest BCUT2D eigenvalue weighted by Gasteiger charge is -2.37. The zero-order valence-electron chi connectivity index (χ0n) is 14.1. The van der Waals surface area contributed by atoms with Gasteiger partial charge in [-0.2, -0.15) is 0 Å². The Hall–Kier alpha value is -1.77. The Bertz CT molecular complexity index is 699. The van der Waals surface area contributed by atoms with Crippen molar-refractivity contribution in [3.05, 3.63) is 35.5 Å². The second-order valence-corrected chi connectivity index (χ2v) is 7.29. The molecular formula is C19H26N2O. The number of nitrogens with one attached hydrogen (secondary N) is 1. The number of amides is 1. The molecule has 1 fully saturated rings. The van der Waals surface area contributed by atoms with Crippen molar-refractivity contribution in [3.8, 4) is 0 Å². The molecule has 1 amide bonds. The number of carbonyl (C=O) groups excluding carboxylic acids is 1. The van der Waals surface area contributed by atoms with Crippen LogP contribution in [0.4, 0.5) is 0 Å². The highest BCUT2D eigenvalue weighted by atomic mass is 16.2. The van der Waals surface area contributed by atoms with Gasteiger partial charge < -0.3 is 9.88 Å². The van der Waals surface area contributed by atoms with Crippen molar-refractivity contribution in [2.45, 2.75) is 46.0 Å². The van der Waals surface area contributed by atoms with E-state index < -0.39 is 5.41 Å². The number of fused-ring (bicyclic) bond motifs is 1. The Morgan fingerprint density at radius 2 is 2.05 bits per heavy atom. The zero-order chi connectivity index (χ0) is 15.9. The second-order valence-electron chi connectivity index (χ2n) is 7.29. The van der Waals surface area contributed by atoms with E-state index in [1.54, 1.807) is 0 Å². The van der Waals surface area contributed by atoms with Gasteiger partial charge in [0.05, 0.1) is 5.41 Å². The maximum absolute atomic E-state index is 13.2. The lowest BCUT2D eigenvalue weighted by Crippen LogP contribution is -2.47. The number of aryl methyl sites for hydroxylation is 1. The van der Waals surface area contributed by atoms with Crippen molar-refractivity contribution in [1.82, 2.24) is 9.88 Å². The van der Waals surface area contributed by atoms with Gasteiger partial charge in [0, 0.05) is 29.7 Å². The third-order valence-corrected chi connectivity index (χ3v) is 5.00. The molecule has 0 spiro atoms. The molecule has 1 unspecified atom stereocenters. The quantitative estimate of drug-likeness (QED) is 0.893. The molecule has 0 bridgehead atoms. The molecule has 1 aliphatic rings. The fourth-order valence-electron chi connectivity index (χ4n) is 3.96. The highest BCUT2D eigenvalue weighted by Gasteiger charge is 2.38. The number of nitrogens with zero attached hydrogens (tertiary/aromatic N) is 1. The number of benzene rings is 1. The summed E-state index contributed by atoms with van der Waals surface area (Å²) in [5, 5.41) is 1.17. The number of carbonyl (C=O) groups is 1. The van der Waals surface area contributed by atoms with Crippen LogP contribution in [0.2, 0.25) is 0 Å². The first-order valence-electron chi connectivity index (χ1n) is 8.28.